The fraction of sp³-hybridized carbons (Fsp3) is 0.538. The fourth-order valence-corrected chi connectivity index (χ4v) is 3.30. The number of rotatable bonds is 3. The van der Waals surface area contributed by atoms with Gasteiger partial charge < -0.3 is 9.42 Å². The second kappa shape index (κ2) is 5.30. The third-order valence-corrected chi connectivity index (χ3v) is 4.24. The van der Waals surface area contributed by atoms with Gasteiger partial charge in [0.2, 0.25) is 0 Å². The highest BCUT2D eigenvalue weighted by Crippen LogP contribution is 2.23. The van der Waals surface area contributed by atoms with Crippen LogP contribution < -0.4 is 4.90 Å². The van der Waals surface area contributed by atoms with Gasteiger partial charge in [0.15, 0.2) is 10.9 Å². The lowest BCUT2D eigenvalue weighted by atomic mass is 10.2. The van der Waals surface area contributed by atoms with Gasteiger partial charge in [0, 0.05) is 43.3 Å². The van der Waals surface area contributed by atoms with E-state index in [0.29, 0.717) is 6.04 Å². The van der Waals surface area contributed by atoms with Gasteiger partial charge in [-0.15, -0.1) is 11.3 Å². The predicted octanol–water partition coefficient (Wildman–Crippen LogP) is 2.15. The molecule has 1 aliphatic heterocycles. The van der Waals surface area contributed by atoms with Crippen molar-refractivity contribution in [1.29, 1.82) is 0 Å². The molecule has 19 heavy (non-hydrogen) atoms. The highest BCUT2D eigenvalue weighted by Gasteiger charge is 2.25. The van der Waals surface area contributed by atoms with Crippen LogP contribution in [0.25, 0.3) is 0 Å². The summed E-state index contributed by atoms with van der Waals surface area (Å²) in [6, 6.07) is 2.49. The van der Waals surface area contributed by atoms with E-state index in [0.717, 1.165) is 42.8 Å². The number of hydrogen-bond donors (Lipinski definition) is 0. The van der Waals surface area contributed by atoms with Crippen LogP contribution >= 0.6 is 11.3 Å². The molecule has 0 unspecified atom stereocenters. The van der Waals surface area contributed by atoms with Crippen LogP contribution in [0.4, 0.5) is 5.13 Å². The van der Waals surface area contributed by atoms with Crippen LogP contribution in [0.5, 0.6) is 0 Å². The molecule has 1 saturated heterocycles. The Morgan fingerprint density at radius 2 is 2.37 bits per heavy atom. The van der Waals surface area contributed by atoms with Crippen LogP contribution in [-0.2, 0) is 6.54 Å². The molecule has 0 aliphatic carbocycles. The van der Waals surface area contributed by atoms with E-state index >= 15 is 0 Å². The quantitative estimate of drug-likeness (QED) is 0.861. The molecular weight excluding hydrogens is 260 g/mol. The average Bonchev–Trinajstić information content (AvgIpc) is 3.01. The number of thiazole rings is 1. The van der Waals surface area contributed by atoms with Gasteiger partial charge in [-0.25, -0.2) is 4.98 Å². The second-order valence-corrected chi connectivity index (χ2v) is 5.90. The van der Waals surface area contributed by atoms with Gasteiger partial charge in [0.1, 0.15) is 0 Å². The highest BCUT2D eigenvalue weighted by atomic mass is 32.1. The zero-order valence-electron chi connectivity index (χ0n) is 11.2. The minimum atomic E-state index is 0.476. The lowest BCUT2D eigenvalue weighted by molar-refractivity contribution is 0.197. The third kappa shape index (κ3) is 2.79. The van der Waals surface area contributed by atoms with Crippen molar-refractivity contribution in [2.24, 2.45) is 0 Å². The molecule has 3 rings (SSSR count). The minimum absolute atomic E-state index is 0.476. The van der Waals surface area contributed by atoms with Crippen LogP contribution in [-0.4, -0.2) is 40.7 Å². The molecule has 1 fully saturated rings. The Bertz CT molecular complexity index is 524. The van der Waals surface area contributed by atoms with Crippen molar-refractivity contribution in [3.8, 4) is 0 Å². The van der Waals surface area contributed by atoms with Crippen LogP contribution in [0.2, 0.25) is 0 Å². The molecular formula is C13H18N4OS. The van der Waals surface area contributed by atoms with E-state index in [4.69, 9.17) is 4.52 Å². The summed E-state index contributed by atoms with van der Waals surface area (Å²) in [5.41, 5.74) is 0.949. The molecule has 2 aromatic heterocycles. The standard InChI is InChI=1S/C13H18N4OS/c1-10-7-12(18-15-10)9-16-4-5-17(11(2)8-16)13-14-3-6-19-13/h3,6-7,11H,4-5,8-9H2,1-2H3/t11-/m0/s1. The van der Waals surface area contributed by atoms with E-state index in [1.807, 2.05) is 24.6 Å². The van der Waals surface area contributed by atoms with Crippen LogP contribution in [0, 0.1) is 6.92 Å². The van der Waals surface area contributed by atoms with Crippen molar-refractivity contribution in [2.45, 2.75) is 26.4 Å². The topological polar surface area (TPSA) is 45.4 Å². The number of aromatic nitrogens is 2. The van der Waals surface area contributed by atoms with E-state index in [1.54, 1.807) is 11.3 Å². The Balaban J connectivity index is 1.61. The summed E-state index contributed by atoms with van der Waals surface area (Å²) < 4.78 is 5.29. The first-order valence-electron chi connectivity index (χ1n) is 6.53. The molecule has 0 saturated carbocycles. The summed E-state index contributed by atoms with van der Waals surface area (Å²) in [7, 11) is 0. The van der Waals surface area contributed by atoms with E-state index < -0.39 is 0 Å². The van der Waals surface area contributed by atoms with Crippen molar-refractivity contribution in [3.05, 3.63) is 29.1 Å². The van der Waals surface area contributed by atoms with E-state index in [1.165, 1.54) is 0 Å². The monoisotopic (exact) mass is 278 g/mol. The van der Waals surface area contributed by atoms with Crippen molar-refractivity contribution >= 4 is 16.5 Å². The molecule has 0 spiro atoms. The summed E-state index contributed by atoms with van der Waals surface area (Å²) >= 11 is 1.71. The first kappa shape index (κ1) is 12.6. The van der Waals surface area contributed by atoms with Crippen molar-refractivity contribution in [1.82, 2.24) is 15.0 Å². The normalized spacial score (nSPS) is 20.9. The summed E-state index contributed by atoms with van der Waals surface area (Å²) in [5.74, 6) is 0.951. The highest BCUT2D eigenvalue weighted by molar-refractivity contribution is 7.13. The van der Waals surface area contributed by atoms with Crippen molar-refractivity contribution in [2.75, 3.05) is 24.5 Å². The Labute approximate surface area is 116 Å². The molecule has 0 bridgehead atoms. The Morgan fingerprint density at radius 3 is 3.00 bits per heavy atom. The van der Waals surface area contributed by atoms with Crippen LogP contribution in [0.1, 0.15) is 18.4 Å². The molecule has 5 nitrogen and oxygen atoms in total. The molecule has 1 atom stereocenters. The predicted molar refractivity (Wildman–Crippen MR) is 75.4 cm³/mol. The van der Waals surface area contributed by atoms with Crippen LogP contribution in [0.3, 0.4) is 0 Å². The molecule has 0 amide bonds. The number of anilines is 1. The first-order valence-corrected chi connectivity index (χ1v) is 7.41. The van der Waals surface area contributed by atoms with E-state index in [9.17, 15) is 0 Å². The van der Waals surface area contributed by atoms with Gasteiger partial charge in [0.25, 0.3) is 0 Å². The minimum Gasteiger partial charge on any atom is -0.360 e. The lowest BCUT2D eigenvalue weighted by Gasteiger charge is -2.39. The van der Waals surface area contributed by atoms with Gasteiger partial charge in [-0.3, -0.25) is 4.90 Å². The Morgan fingerprint density at radius 1 is 1.47 bits per heavy atom. The third-order valence-electron chi connectivity index (χ3n) is 3.43. The molecule has 0 aromatic carbocycles. The number of aryl methyl sites for hydroxylation is 1. The molecule has 0 N–H and O–H groups in total. The average molecular weight is 278 g/mol. The maximum atomic E-state index is 5.29. The summed E-state index contributed by atoms with van der Waals surface area (Å²) in [4.78, 5) is 9.19. The smallest absolute Gasteiger partial charge is 0.185 e. The summed E-state index contributed by atoms with van der Waals surface area (Å²) in [6.07, 6.45) is 1.87. The number of nitrogens with zero attached hydrogens (tertiary/aromatic N) is 4. The SMILES string of the molecule is Cc1cc(CN2CCN(c3nccs3)[C@@H](C)C2)on1. The number of piperazine rings is 1. The summed E-state index contributed by atoms with van der Waals surface area (Å²) in [6.45, 7) is 8.12. The molecule has 2 aromatic rings. The molecule has 102 valence electrons. The second-order valence-electron chi connectivity index (χ2n) is 5.03. The first-order chi connectivity index (χ1) is 9.22. The summed E-state index contributed by atoms with van der Waals surface area (Å²) in [5, 5.41) is 7.10. The van der Waals surface area contributed by atoms with Gasteiger partial charge in [-0.1, -0.05) is 5.16 Å². The maximum absolute atomic E-state index is 5.29. The van der Waals surface area contributed by atoms with E-state index in [2.05, 4.69) is 26.9 Å². The van der Waals surface area contributed by atoms with Crippen LogP contribution in [0.15, 0.2) is 22.2 Å². The van der Waals surface area contributed by atoms with E-state index in [-0.39, 0.29) is 0 Å². The largest absolute Gasteiger partial charge is 0.360 e. The Hall–Kier alpha value is -1.40. The van der Waals surface area contributed by atoms with Gasteiger partial charge >= 0.3 is 0 Å². The van der Waals surface area contributed by atoms with Gasteiger partial charge in [0.05, 0.1) is 12.2 Å². The van der Waals surface area contributed by atoms with Gasteiger partial charge in [-0.05, 0) is 13.8 Å². The van der Waals surface area contributed by atoms with Gasteiger partial charge in [-0.2, -0.15) is 0 Å². The fourth-order valence-electron chi connectivity index (χ4n) is 2.53. The lowest BCUT2D eigenvalue weighted by Crippen LogP contribution is -2.51. The molecule has 3 heterocycles. The van der Waals surface area contributed by atoms with Crippen molar-refractivity contribution in [3.63, 3.8) is 0 Å². The molecule has 1 aliphatic rings. The zero-order valence-corrected chi connectivity index (χ0v) is 12.1. The zero-order chi connectivity index (χ0) is 13.2. The van der Waals surface area contributed by atoms with Crippen molar-refractivity contribution < 1.29 is 4.52 Å². The molecule has 6 heteroatoms. The Kier molecular flexibility index (Phi) is 3.52. The molecule has 0 radical (unpaired) electrons. The number of hydrogen-bond acceptors (Lipinski definition) is 6. The maximum Gasteiger partial charge on any atom is 0.185 e.